The summed E-state index contributed by atoms with van der Waals surface area (Å²) in [6.45, 7) is 4.07. The Balaban J connectivity index is 1.65. The molecular formula is C23H24N2O4S. The summed E-state index contributed by atoms with van der Waals surface area (Å²) in [6, 6.07) is 6.98. The minimum absolute atomic E-state index is 0.0461. The molecule has 5 rings (SSSR count). The fourth-order valence-electron chi connectivity index (χ4n) is 4.85. The second kappa shape index (κ2) is 7.23. The molecule has 3 heterocycles. The van der Waals surface area contributed by atoms with Crippen molar-refractivity contribution in [2.24, 2.45) is 11.8 Å². The molecule has 1 fully saturated rings. The predicted molar refractivity (Wildman–Crippen MR) is 113 cm³/mol. The maximum atomic E-state index is 13.7. The first kappa shape index (κ1) is 19.3. The van der Waals surface area contributed by atoms with Crippen LogP contribution in [0.3, 0.4) is 0 Å². The second-order valence-corrected chi connectivity index (χ2v) is 9.25. The summed E-state index contributed by atoms with van der Waals surface area (Å²) in [6.07, 6.45) is 2.41. The zero-order valence-electron chi connectivity index (χ0n) is 17.3. The Morgan fingerprint density at radius 2 is 2.10 bits per heavy atom. The van der Waals surface area contributed by atoms with E-state index in [-0.39, 0.29) is 29.5 Å². The molecule has 0 spiro atoms. The molecule has 1 aromatic heterocycles. The van der Waals surface area contributed by atoms with E-state index in [0.717, 1.165) is 30.5 Å². The number of thiazole rings is 1. The number of hydrogen-bond acceptors (Lipinski definition) is 6. The highest BCUT2D eigenvalue weighted by molar-refractivity contribution is 7.14. The topological polar surface area (TPSA) is 68.7 Å². The number of fused-ring (bicyclic) bond motifs is 1. The van der Waals surface area contributed by atoms with E-state index in [1.54, 1.807) is 12.0 Å². The summed E-state index contributed by atoms with van der Waals surface area (Å²) in [5, 5.41) is 2.49. The van der Waals surface area contributed by atoms with Crippen molar-refractivity contribution in [3.8, 4) is 5.75 Å². The van der Waals surface area contributed by atoms with Gasteiger partial charge < -0.3 is 9.47 Å². The fraction of sp³-hybridized carbons (Fsp3) is 0.435. The van der Waals surface area contributed by atoms with E-state index >= 15 is 0 Å². The fourth-order valence-corrected chi connectivity index (χ4v) is 5.68. The average Bonchev–Trinajstić information content (AvgIpc) is 3.30. The minimum atomic E-state index is -0.557. The molecule has 0 bridgehead atoms. The number of carbonyl (C=O) groups excluding carboxylic acids is 2. The van der Waals surface area contributed by atoms with Gasteiger partial charge >= 0.3 is 0 Å². The van der Waals surface area contributed by atoms with Crippen molar-refractivity contribution in [1.82, 2.24) is 4.98 Å². The molecule has 4 atom stereocenters. The number of amides is 1. The second-order valence-electron chi connectivity index (χ2n) is 8.41. The quantitative estimate of drug-likeness (QED) is 0.738. The first-order valence-corrected chi connectivity index (χ1v) is 11.2. The maximum absolute atomic E-state index is 13.7. The van der Waals surface area contributed by atoms with Gasteiger partial charge in [0, 0.05) is 5.38 Å². The number of carbonyl (C=O) groups is 2. The van der Waals surface area contributed by atoms with Gasteiger partial charge in [-0.2, -0.15) is 0 Å². The number of aromatic nitrogens is 1. The third-order valence-electron chi connectivity index (χ3n) is 6.33. The number of rotatable bonds is 3. The van der Waals surface area contributed by atoms with Gasteiger partial charge in [-0.3, -0.25) is 14.5 Å². The highest BCUT2D eigenvalue weighted by atomic mass is 32.1. The van der Waals surface area contributed by atoms with E-state index < -0.39 is 6.04 Å². The molecule has 1 aromatic carbocycles. The molecule has 6 nitrogen and oxygen atoms in total. The lowest BCUT2D eigenvalue weighted by atomic mass is 9.74. The van der Waals surface area contributed by atoms with Crippen LogP contribution in [0.5, 0.6) is 5.75 Å². The monoisotopic (exact) mass is 424 g/mol. The molecule has 7 heteroatoms. The Bertz CT molecular complexity index is 1060. The molecule has 1 aliphatic carbocycles. The maximum Gasteiger partial charge on any atom is 0.296 e. The Morgan fingerprint density at radius 3 is 2.83 bits per heavy atom. The smallest absolute Gasteiger partial charge is 0.296 e. The van der Waals surface area contributed by atoms with Crippen LogP contribution >= 0.6 is 11.3 Å². The molecule has 0 N–H and O–H groups in total. The zero-order valence-corrected chi connectivity index (χ0v) is 18.1. The normalized spacial score (nSPS) is 28.3. The van der Waals surface area contributed by atoms with Gasteiger partial charge in [-0.15, -0.1) is 11.3 Å². The molecule has 3 aliphatic rings. The number of hydrogen-bond donors (Lipinski definition) is 0. The van der Waals surface area contributed by atoms with Crippen molar-refractivity contribution in [3.05, 3.63) is 52.2 Å². The number of ether oxygens (including phenoxy) is 2. The van der Waals surface area contributed by atoms with Crippen LogP contribution in [-0.4, -0.2) is 29.9 Å². The first-order chi connectivity index (χ1) is 14.5. The first-order valence-electron chi connectivity index (χ1n) is 10.3. The number of ketones is 1. The van der Waals surface area contributed by atoms with Gasteiger partial charge in [-0.1, -0.05) is 19.1 Å². The van der Waals surface area contributed by atoms with Crippen molar-refractivity contribution in [2.45, 2.75) is 45.3 Å². The van der Waals surface area contributed by atoms with Crippen molar-refractivity contribution in [3.63, 3.8) is 0 Å². The number of methoxy groups -OCH3 is 1. The zero-order chi connectivity index (χ0) is 21.0. The molecule has 156 valence electrons. The Kier molecular flexibility index (Phi) is 4.65. The molecular weight excluding hydrogens is 400 g/mol. The van der Waals surface area contributed by atoms with E-state index in [0.29, 0.717) is 22.4 Å². The summed E-state index contributed by atoms with van der Waals surface area (Å²) < 4.78 is 11.6. The standard InChI is InChI=1S/C23H24N2O4S/c1-12-7-8-17-16(9-12)20(26)18-19(14-5-4-6-15(10-14)28-3)25(22(27)21(18)29-17)23-24-13(2)11-30-23/h4-6,10-12,16-17,19H,7-9H2,1-3H3. The van der Waals surface area contributed by atoms with Gasteiger partial charge in [0.05, 0.1) is 30.3 Å². The van der Waals surface area contributed by atoms with Gasteiger partial charge in [0.15, 0.2) is 16.7 Å². The summed E-state index contributed by atoms with van der Waals surface area (Å²) in [7, 11) is 1.61. The van der Waals surface area contributed by atoms with E-state index in [2.05, 4.69) is 11.9 Å². The highest BCUT2D eigenvalue weighted by Crippen LogP contribution is 2.49. The van der Waals surface area contributed by atoms with Crippen molar-refractivity contribution in [2.75, 3.05) is 12.0 Å². The van der Waals surface area contributed by atoms with Gasteiger partial charge in [-0.05, 0) is 49.8 Å². The van der Waals surface area contributed by atoms with Gasteiger partial charge in [0.25, 0.3) is 5.91 Å². The Morgan fingerprint density at radius 1 is 1.27 bits per heavy atom. The van der Waals surface area contributed by atoms with Crippen LogP contribution in [0.4, 0.5) is 5.13 Å². The van der Waals surface area contributed by atoms with Gasteiger partial charge in [-0.25, -0.2) is 4.98 Å². The van der Waals surface area contributed by atoms with Crippen molar-refractivity contribution < 1.29 is 19.1 Å². The largest absolute Gasteiger partial charge is 0.497 e. The summed E-state index contributed by atoms with van der Waals surface area (Å²) in [4.78, 5) is 33.4. The van der Waals surface area contributed by atoms with E-state index in [1.165, 1.54) is 11.3 Å². The lowest BCUT2D eigenvalue weighted by Crippen LogP contribution is -2.41. The Hall–Kier alpha value is -2.67. The molecule has 2 aromatic rings. The molecule has 1 saturated carbocycles. The van der Waals surface area contributed by atoms with E-state index in [4.69, 9.17) is 9.47 Å². The molecule has 30 heavy (non-hydrogen) atoms. The van der Waals surface area contributed by atoms with Crippen molar-refractivity contribution in [1.29, 1.82) is 0 Å². The van der Waals surface area contributed by atoms with Crippen LogP contribution in [-0.2, 0) is 14.3 Å². The van der Waals surface area contributed by atoms with Gasteiger partial charge in [0.2, 0.25) is 0 Å². The number of anilines is 1. The van der Waals surface area contributed by atoms with Crippen LogP contribution < -0.4 is 9.64 Å². The third kappa shape index (κ3) is 2.95. The lowest BCUT2D eigenvalue weighted by molar-refractivity contribution is -0.132. The van der Waals surface area contributed by atoms with Crippen LogP contribution in [0.25, 0.3) is 0 Å². The summed E-state index contributed by atoms with van der Waals surface area (Å²) in [5.74, 6) is 0.939. The SMILES string of the molecule is COc1cccc(C2C3=C(OC4CCC(C)CC4C3=O)C(=O)N2c2nc(C)cs2)c1. The number of aryl methyl sites for hydroxylation is 1. The number of Topliss-reactive ketones (excluding diaryl/α,β-unsaturated/α-hetero) is 1. The Labute approximate surface area is 179 Å². The number of benzene rings is 1. The van der Waals surface area contributed by atoms with Crippen LogP contribution in [0.15, 0.2) is 41.0 Å². The lowest BCUT2D eigenvalue weighted by Gasteiger charge is -2.37. The van der Waals surface area contributed by atoms with E-state index in [9.17, 15) is 9.59 Å². The van der Waals surface area contributed by atoms with Crippen molar-refractivity contribution >= 4 is 28.2 Å². The average molecular weight is 425 g/mol. The third-order valence-corrected chi connectivity index (χ3v) is 7.29. The summed E-state index contributed by atoms with van der Waals surface area (Å²) >= 11 is 1.40. The molecule has 0 radical (unpaired) electrons. The molecule has 0 saturated heterocycles. The molecule has 4 unspecified atom stereocenters. The molecule has 1 amide bonds. The van der Waals surface area contributed by atoms with Gasteiger partial charge in [0.1, 0.15) is 11.9 Å². The highest BCUT2D eigenvalue weighted by Gasteiger charge is 2.53. The minimum Gasteiger partial charge on any atom is -0.497 e. The van der Waals surface area contributed by atoms with Crippen LogP contribution in [0.1, 0.15) is 43.5 Å². The van der Waals surface area contributed by atoms with Crippen LogP contribution in [0, 0.1) is 18.8 Å². The van der Waals surface area contributed by atoms with E-state index in [1.807, 2.05) is 36.6 Å². The predicted octanol–water partition coefficient (Wildman–Crippen LogP) is 4.21. The summed E-state index contributed by atoms with van der Waals surface area (Å²) in [5.41, 5.74) is 2.13. The van der Waals surface area contributed by atoms with Crippen LogP contribution in [0.2, 0.25) is 0 Å². The number of nitrogens with zero attached hydrogens (tertiary/aromatic N) is 2. The molecule has 2 aliphatic heterocycles.